The highest BCUT2D eigenvalue weighted by Gasteiger charge is 2.09. The van der Waals surface area contributed by atoms with Gasteiger partial charge in [0.1, 0.15) is 11.0 Å². The molecular formula is C9H6BrN3O. The van der Waals surface area contributed by atoms with Gasteiger partial charge in [-0.2, -0.15) is 0 Å². The number of fused-ring (bicyclic) bond motifs is 1. The first-order chi connectivity index (χ1) is 6.70. The number of nitrogens with zero attached hydrogens (tertiary/aromatic N) is 2. The maximum Gasteiger partial charge on any atom is 0.250 e. The van der Waals surface area contributed by atoms with Crippen LogP contribution in [0, 0.1) is 0 Å². The third-order valence-electron chi connectivity index (χ3n) is 1.84. The largest absolute Gasteiger partial charge is 0.366 e. The molecule has 14 heavy (non-hydrogen) atoms. The summed E-state index contributed by atoms with van der Waals surface area (Å²) in [6.07, 6.45) is 3.10. The Kier molecular flexibility index (Phi) is 2.17. The number of carbonyl (C=O) groups is 1. The summed E-state index contributed by atoms with van der Waals surface area (Å²) >= 11 is 3.33. The number of aromatic nitrogens is 2. The molecule has 0 atom stereocenters. The number of amides is 1. The van der Waals surface area contributed by atoms with Gasteiger partial charge >= 0.3 is 0 Å². The summed E-state index contributed by atoms with van der Waals surface area (Å²) in [7, 11) is 0. The van der Waals surface area contributed by atoms with Crippen LogP contribution in [0.2, 0.25) is 0 Å². The molecule has 70 valence electrons. The molecule has 2 rings (SSSR count). The van der Waals surface area contributed by atoms with Crippen LogP contribution < -0.4 is 5.73 Å². The molecule has 5 heteroatoms. The van der Waals surface area contributed by atoms with E-state index in [4.69, 9.17) is 5.73 Å². The molecule has 1 aromatic carbocycles. The number of nitrogens with two attached hydrogens (primary N) is 1. The van der Waals surface area contributed by atoms with Gasteiger partial charge in [-0.25, -0.2) is 0 Å². The van der Waals surface area contributed by atoms with Crippen LogP contribution in [0.25, 0.3) is 11.0 Å². The lowest BCUT2D eigenvalue weighted by Crippen LogP contribution is -2.12. The minimum Gasteiger partial charge on any atom is -0.366 e. The van der Waals surface area contributed by atoms with Crippen molar-refractivity contribution in [3.63, 3.8) is 0 Å². The predicted molar refractivity (Wildman–Crippen MR) is 55.8 cm³/mol. The van der Waals surface area contributed by atoms with E-state index in [1.165, 1.54) is 6.20 Å². The third kappa shape index (κ3) is 1.35. The highest BCUT2D eigenvalue weighted by atomic mass is 79.9. The molecule has 1 aromatic heterocycles. The lowest BCUT2D eigenvalue weighted by molar-refractivity contribution is 0.100. The first kappa shape index (κ1) is 9.08. The Bertz CT molecular complexity index is 512. The van der Waals surface area contributed by atoms with E-state index in [1.807, 2.05) is 0 Å². The van der Waals surface area contributed by atoms with E-state index in [9.17, 15) is 4.79 Å². The van der Waals surface area contributed by atoms with Crippen molar-refractivity contribution in [3.05, 3.63) is 34.6 Å². The molecule has 0 aliphatic rings. The van der Waals surface area contributed by atoms with Crippen molar-refractivity contribution in [1.82, 2.24) is 9.97 Å². The third-order valence-corrected chi connectivity index (χ3v) is 2.48. The van der Waals surface area contributed by atoms with E-state index in [0.717, 1.165) is 4.47 Å². The van der Waals surface area contributed by atoms with Gasteiger partial charge in [0.05, 0.1) is 5.56 Å². The fraction of sp³-hybridized carbons (Fsp3) is 0. The van der Waals surface area contributed by atoms with Gasteiger partial charge in [-0.1, -0.05) is 0 Å². The maximum absolute atomic E-state index is 11.1. The zero-order valence-electron chi connectivity index (χ0n) is 7.07. The van der Waals surface area contributed by atoms with Gasteiger partial charge in [-0.3, -0.25) is 14.8 Å². The Morgan fingerprint density at radius 2 is 1.86 bits per heavy atom. The zero-order valence-corrected chi connectivity index (χ0v) is 8.65. The first-order valence-electron chi connectivity index (χ1n) is 3.89. The lowest BCUT2D eigenvalue weighted by Gasteiger charge is -2.02. The predicted octanol–water partition coefficient (Wildman–Crippen LogP) is 1.49. The number of benzene rings is 1. The minimum absolute atomic E-state index is 0.385. The van der Waals surface area contributed by atoms with Crippen LogP contribution in [0.4, 0.5) is 0 Å². The fourth-order valence-electron chi connectivity index (χ4n) is 1.22. The molecule has 1 amide bonds. The van der Waals surface area contributed by atoms with Crippen molar-refractivity contribution >= 4 is 32.9 Å². The number of rotatable bonds is 1. The van der Waals surface area contributed by atoms with Crippen LogP contribution >= 0.6 is 15.9 Å². The minimum atomic E-state index is -0.497. The molecule has 0 saturated heterocycles. The normalized spacial score (nSPS) is 10.4. The Morgan fingerprint density at radius 3 is 2.50 bits per heavy atom. The SMILES string of the molecule is NC(=O)c1ccc(Br)c2nccnc12. The van der Waals surface area contributed by atoms with Crippen LogP contribution in [0.3, 0.4) is 0 Å². The summed E-state index contributed by atoms with van der Waals surface area (Å²) in [4.78, 5) is 19.2. The van der Waals surface area contributed by atoms with Crippen molar-refractivity contribution in [3.8, 4) is 0 Å². The second kappa shape index (κ2) is 3.34. The summed E-state index contributed by atoms with van der Waals surface area (Å²) in [5.41, 5.74) is 6.76. The summed E-state index contributed by atoms with van der Waals surface area (Å²) in [5, 5.41) is 0. The molecule has 2 N–H and O–H groups in total. The standard InChI is InChI=1S/C9H6BrN3O/c10-6-2-1-5(9(11)14)7-8(6)13-4-3-12-7/h1-4H,(H2,11,14). The molecule has 0 spiro atoms. The molecule has 0 aliphatic carbocycles. The monoisotopic (exact) mass is 251 g/mol. The molecular weight excluding hydrogens is 246 g/mol. The number of primary amides is 1. The van der Waals surface area contributed by atoms with Crippen LogP contribution in [0.15, 0.2) is 29.0 Å². The van der Waals surface area contributed by atoms with E-state index >= 15 is 0 Å². The van der Waals surface area contributed by atoms with E-state index in [0.29, 0.717) is 16.6 Å². The Balaban J connectivity index is 2.88. The fourth-order valence-corrected chi connectivity index (χ4v) is 1.65. The van der Waals surface area contributed by atoms with Crippen molar-refractivity contribution in [2.75, 3.05) is 0 Å². The summed E-state index contributed by atoms with van der Waals surface area (Å²) in [6.45, 7) is 0. The Morgan fingerprint density at radius 1 is 1.21 bits per heavy atom. The zero-order chi connectivity index (χ0) is 10.1. The Hall–Kier alpha value is -1.49. The molecule has 0 radical (unpaired) electrons. The summed E-state index contributed by atoms with van der Waals surface area (Å²) < 4.78 is 0.797. The maximum atomic E-state index is 11.1. The first-order valence-corrected chi connectivity index (χ1v) is 4.68. The molecule has 2 aromatic rings. The topological polar surface area (TPSA) is 68.9 Å². The van der Waals surface area contributed by atoms with Crippen LogP contribution in [-0.4, -0.2) is 15.9 Å². The second-order valence-electron chi connectivity index (χ2n) is 2.71. The highest BCUT2D eigenvalue weighted by Crippen LogP contribution is 2.22. The highest BCUT2D eigenvalue weighted by molar-refractivity contribution is 9.10. The molecule has 0 aliphatic heterocycles. The molecule has 0 unspecified atom stereocenters. The van der Waals surface area contributed by atoms with Crippen molar-refractivity contribution in [2.24, 2.45) is 5.73 Å². The van der Waals surface area contributed by atoms with Gasteiger partial charge in [-0.15, -0.1) is 0 Å². The lowest BCUT2D eigenvalue weighted by atomic mass is 10.1. The quantitative estimate of drug-likeness (QED) is 0.835. The van der Waals surface area contributed by atoms with E-state index in [1.54, 1.807) is 18.3 Å². The second-order valence-corrected chi connectivity index (χ2v) is 3.57. The van der Waals surface area contributed by atoms with E-state index in [-0.39, 0.29) is 0 Å². The molecule has 0 fully saturated rings. The number of hydrogen-bond acceptors (Lipinski definition) is 3. The number of hydrogen-bond donors (Lipinski definition) is 1. The van der Waals surface area contributed by atoms with Gasteiger partial charge in [0, 0.05) is 16.9 Å². The average Bonchev–Trinajstić information content (AvgIpc) is 2.18. The van der Waals surface area contributed by atoms with Gasteiger partial charge < -0.3 is 5.73 Å². The molecule has 0 bridgehead atoms. The van der Waals surface area contributed by atoms with Gasteiger partial charge in [-0.05, 0) is 28.1 Å². The number of halogens is 1. The molecule has 1 heterocycles. The van der Waals surface area contributed by atoms with Crippen molar-refractivity contribution in [1.29, 1.82) is 0 Å². The van der Waals surface area contributed by atoms with Crippen LogP contribution in [0.5, 0.6) is 0 Å². The van der Waals surface area contributed by atoms with Crippen molar-refractivity contribution < 1.29 is 4.79 Å². The van der Waals surface area contributed by atoms with E-state index < -0.39 is 5.91 Å². The van der Waals surface area contributed by atoms with Gasteiger partial charge in [0.15, 0.2) is 0 Å². The number of carbonyl (C=O) groups excluding carboxylic acids is 1. The average molecular weight is 252 g/mol. The van der Waals surface area contributed by atoms with Gasteiger partial charge in [0.2, 0.25) is 0 Å². The van der Waals surface area contributed by atoms with Crippen LogP contribution in [-0.2, 0) is 0 Å². The van der Waals surface area contributed by atoms with E-state index in [2.05, 4.69) is 25.9 Å². The van der Waals surface area contributed by atoms with Crippen molar-refractivity contribution in [2.45, 2.75) is 0 Å². The van der Waals surface area contributed by atoms with Gasteiger partial charge in [0.25, 0.3) is 5.91 Å². The van der Waals surface area contributed by atoms with Crippen LogP contribution in [0.1, 0.15) is 10.4 Å². The summed E-state index contributed by atoms with van der Waals surface area (Å²) in [6, 6.07) is 3.36. The molecule has 0 saturated carbocycles. The smallest absolute Gasteiger partial charge is 0.250 e. The Labute approximate surface area is 88.3 Å². The molecule has 4 nitrogen and oxygen atoms in total. The summed E-state index contributed by atoms with van der Waals surface area (Å²) in [5.74, 6) is -0.497.